The molecule has 98 valence electrons. The fourth-order valence-electron chi connectivity index (χ4n) is 1.92. The molecular weight excluding hydrogens is 234 g/mol. The van der Waals surface area contributed by atoms with Crippen LogP contribution in [0, 0.1) is 19.3 Å². The Balaban J connectivity index is 0.00000256. The summed E-state index contributed by atoms with van der Waals surface area (Å²) in [7, 11) is 0. The molecule has 2 nitrogen and oxygen atoms in total. The summed E-state index contributed by atoms with van der Waals surface area (Å²) in [6.07, 6.45) is -0.534. The molecule has 0 unspecified atom stereocenters. The van der Waals surface area contributed by atoms with Gasteiger partial charge in [0.1, 0.15) is 0 Å². The minimum absolute atomic E-state index is 0. The number of hydrogen-bond donors (Lipinski definition) is 2. The van der Waals surface area contributed by atoms with Crippen molar-refractivity contribution in [2.75, 3.05) is 0 Å². The predicted molar refractivity (Wildman–Crippen MR) is 75.6 cm³/mol. The number of aryl methyl sites for hydroxylation is 2. The highest BCUT2D eigenvalue weighted by atomic mass is 35.5. The molecule has 0 aliphatic rings. The van der Waals surface area contributed by atoms with Gasteiger partial charge in [0.25, 0.3) is 0 Å². The minimum atomic E-state index is -0.534. The lowest BCUT2D eigenvalue weighted by atomic mass is 9.82. The Bertz CT molecular complexity index is 351. The Morgan fingerprint density at radius 3 is 1.82 bits per heavy atom. The maximum Gasteiger partial charge on any atom is 0.0780 e. The molecule has 0 heterocycles. The summed E-state index contributed by atoms with van der Waals surface area (Å²) in [5.74, 6) is 0. The zero-order valence-corrected chi connectivity index (χ0v) is 12.1. The van der Waals surface area contributed by atoms with Gasteiger partial charge in [0, 0.05) is 0 Å². The van der Waals surface area contributed by atoms with E-state index >= 15 is 0 Å². The standard InChI is InChI=1S/C14H23NO.ClH/c1-9-6-10(2)8-11(7-9)12(15)13(16)14(3,4)5;/h6-8,12-13,16H,15H2,1-5H3;1H/t12-,13-;/m0./s1. The monoisotopic (exact) mass is 257 g/mol. The third-order valence-electron chi connectivity index (χ3n) is 2.86. The second kappa shape index (κ2) is 5.85. The van der Waals surface area contributed by atoms with Gasteiger partial charge in [0.15, 0.2) is 0 Å². The fourth-order valence-corrected chi connectivity index (χ4v) is 1.92. The lowest BCUT2D eigenvalue weighted by Gasteiger charge is -2.31. The molecule has 3 N–H and O–H groups in total. The molecule has 0 saturated carbocycles. The second-order valence-electron chi connectivity index (χ2n) is 5.76. The molecule has 0 radical (unpaired) electrons. The van der Waals surface area contributed by atoms with Crippen molar-refractivity contribution in [3.05, 3.63) is 34.9 Å². The van der Waals surface area contributed by atoms with Gasteiger partial charge in [-0.1, -0.05) is 50.1 Å². The summed E-state index contributed by atoms with van der Waals surface area (Å²) in [4.78, 5) is 0. The number of benzene rings is 1. The molecule has 0 saturated heterocycles. The van der Waals surface area contributed by atoms with E-state index in [0.717, 1.165) is 5.56 Å². The third-order valence-corrected chi connectivity index (χ3v) is 2.86. The molecule has 1 aromatic carbocycles. The first kappa shape index (κ1) is 16.4. The van der Waals surface area contributed by atoms with Crippen LogP contribution >= 0.6 is 12.4 Å². The van der Waals surface area contributed by atoms with E-state index < -0.39 is 6.10 Å². The van der Waals surface area contributed by atoms with Crippen LogP contribution in [-0.4, -0.2) is 11.2 Å². The van der Waals surface area contributed by atoms with Crippen molar-refractivity contribution in [2.24, 2.45) is 11.1 Å². The maximum absolute atomic E-state index is 10.2. The first-order valence-corrected chi connectivity index (χ1v) is 5.73. The zero-order valence-electron chi connectivity index (χ0n) is 11.3. The van der Waals surface area contributed by atoms with Gasteiger partial charge in [-0.3, -0.25) is 0 Å². The molecule has 0 amide bonds. The van der Waals surface area contributed by atoms with Crippen molar-refractivity contribution in [1.29, 1.82) is 0 Å². The molecule has 0 bridgehead atoms. The molecule has 0 aromatic heterocycles. The van der Waals surface area contributed by atoms with E-state index in [1.54, 1.807) is 0 Å². The van der Waals surface area contributed by atoms with E-state index in [1.165, 1.54) is 11.1 Å². The molecule has 2 atom stereocenters. The van der Waals surface area contributed by atoms with Gasteiger partial charge >= 0.3 is 0 Å². The van der Waals surface area contributed by atoms with E-state index in [0.29, 0.717) is 0 Å². The number of rotatable bonds is 2. The number of hydrogen-bond acceptors (Lipinski definition) is 2. The van der Waals surface area contributed by atoms with Crippen LogP contribution in [0.4, 0.5) is 0 Å². The van der Waals surface area contributed by atoms with Gasteiger partial charge in [0.05, 0.1) is 12.1 Å². The average Bonchev–Trinajstić information content (AvgIpc) is 2.12. The highest BCUT2D eigenvalue weighted by Gasteiger charge is 2.29. The van der Waals surface area contributed by atoms with Gasteiger partial charge < -0.3 is 10.8 Å². The van der Waals surface area contributed by atoms with Crippen LogP contribution in [0.15, 0.2) is 18.2 Å². The minimum Gasteiger partial charge on any atom is -0.391 e. The number of nitrogens with two attached hydrogens (primary N) is 1. The molecule has 3 heteroatoms. The average molecular weight is 258 g/mol. The first-order chi connectivity index (χ1) is 7.21. The molecule has 17 heavy (non-hydrogen) atoms. The number of aliphatic hydroxyl groups excluding tert-OH is 1. The zero-order chi connectivity index (χ0) is 12.5. The summed E-state index contributed by atoms with van der Waals surface area (Å²) in [5.41, 5.74) is 9.30. The molecule has 1 rings (SSSR count). The van der Waals surface area contributed by atoms with Crippen molar-refractivity contribution in [2.45, 2.75) is 46.8 Å². The Hall–Kier alpha value is -0.570. The summed E-state index contributed by atoms with van der Waals surface area (Å²) >= 11 is 0. The Kier molecular flexibility index (Phi) is 5.66. The predicted octanol–water partition coefficient (Wildman–Crippen LogP) is 3.13. The van der Waals surface area contributed by atoms with Gasteiger partial charge in [-0.15, -0.1) is 12.4 Å². The van der Waals surface area contributed by atoms with E-state index in [1.807, 2.05) is 46.8 Å². The van der Waals surface area contributed by atoms with E-state index in [4.69, 9.17) is 5.73 Å². The van der Waals surface area contributed by atoms with Crippen LogP contribution in [0.25, 0.3) is 0 Å². The molecule has 0 spiro atoms. The quantitative estimate of drug-likeness (QED) is 0.855. The maximum atomic E-state index is 10.2. The van der Waals surface area contributed by atoms with Gasteiger partial charge in [-0.2, -0.15) is 0 Å². The number of halogens is 1. The summed E-state index contributed by atoms with van der Waals surface area (Å²) < 4.78 is 0. The lowest BCUT2D eigenvalue weighted by Crippen LogP contribution is -2.37. The topological polar surface area (TPSA) is 46.2 Å². The van der Waals surface area contributed by atoms with Crippen molar-refractivity contribution in [3.8, 4) is 0 Å². The Labute approximate surface area is 111 Å². The van der Waals surface area contributed by atoms with Crippen LogP contribution in [0.2, 0.25) is 0 Å². The van der Waals surface area contributed by atoms with Crippen molar-refractivity contribution >= 4 is 12.4 Å². The van der Waals surface area contributed by atoms with E-state index in [2.05, 4.69) is 6.07 Å². The highest BCUT2D eigenvalue weighted by molar-refractivity contribution is 5.85. The van der Waals surface area contributed by atoms with Crippen molar-refractivity contribution in [1.82, 2.24) is 0 Å². The largest absolute Gasteiger partial charge is 0.391 e. The molecule has 0 aliphatic carbocycles. The van der Waals surface area contributed by atoms with Crippen LogP contribution in [0.5, 0.6) is 0 Å². The molecule has 1 aromatic rings. The third kappa shape index (κ3) is 4.30. The molecular formula is C14H24ClNO. The van der Waals surface area contributed by atoms with Crippen LogP contribution < -0.4 is 5.73 Å². The fraction of sp³-hybridized carbons (Fsp3) is 0.571. The summed E-state index contributed by atoms with van der Waals surface area (Å²) in [5, 5.41) is 10.2. The van der Waals surface area contributed by atoms with Crippen LogP contribution in [-0.2, 0) is 0 Å². The Morgan fingerprint density at radius 1 is 1.06 bits per heavy atom. The van der Waals surface area contributed by atoms with Gasteiger partial charge in [0.2, 0.25) is 0 Å². The highest BCUT2D eigenvalue weighted by Crippen LogP contribution is 2.29. The number of aliphatic hydroxyl groups is 1. The molecule has 0 aliphatic heterocycles. The summed E-state index contributed by atoms with van der Waals surface area (Å²) in [6.45, 7) is 10.1. The van der Waals surface area contributed by atoms with Gasteiger partial charge in [-0.25, -0.2) is 0 Å². The smallest absolute Gasteiger partial charge is 0.0780 e. The van der Waals surface area contributed by atoms with Crippen molar-refractivity contribution in [3.63, 3.8) is 0 Å². The van der Waals surface area contributed by atoms with Crippen molar-refractivity contribution < 1.29 is 5.11 Å². The van der Waals surface area contributed by atoms with E-state index in [9.17, 15) is 5.11 Å². The molecule has 0 fully saturated rings. The SMILES string of the molecule is Cc1cc(C)cc([C@H](N)[C@H](O)C(C)(C)C)c1.Cl. The first-order valence-electron chi connectivity index (χ1n) is 5.73. The summed E-state index contributed by atoms with van der Waals surface area (Å²) in [6, 6.07) is 5.89. The van der Waals surface area contributed by atoms with Crippen LogP contribution in [0.1, 0.15) is 43.5 Å². The normalized spacial score (nSPS) is 15.0. The second-order valence-corrected chi connectivity index (χ2v) is 5.76. The van der Waals surface area contributed by atoms with E-state index in [-0.39, 0.29) is 23.9 Å². The van der Waals surface area contributed by atoms with Crippen LogP contribution in [0.3, 0.4) is 0 Å². The van der Waals surface area contributed by atoms with Gasteiger partial charge in [-0.05, 0) is 24.8 Å². The lowest BCUT2D eigenvalue weighted by molar-refractivity contribution is 0.0401. The Morgan fingerprint density at radius 2 is 1.47 bits per heavy atom.